The minimum atomic E-state index is -1.10. The van der Waals surface area contributed by atoms with Crippen molar-refractivity contribution in [2.24, 2.45) is 7.05 Å². The van der Waals surface area contributed by atoms with Crippen LogP contribution in [0.25, 0.3) is 0 Å². The van der Waals surface area contributed by atoms with Gasteiger partial charge in [0.2, 0.25) is 0 Å². The molecule has 1 N–H and O–H groups in total. The lowest BCUT2D eigenvalue weighted by atomic mass is 10.1. The van der Waals surface area contributed by atoms with Crippen LogP contribution in [-0.4, -0.2) is 14.9 Å². The summed E-state index contributed by atoms with van der Waals surface area (Å²) in [6.07, 6.45) is -1.10. The van der Waals surface area contributed by atoms with Gasteiger partial charge in [-0.1, -0.05) is 17.7 Å². The maximum absolute atomic E-state index is 14.0. The minimum absolute atomic E-state index is 0.0366. The third kappa shape index (κ3) is 2.30. The van der Waals surface area contributed by atoms with Crippen LogP contribution in [-0.2, 0) is 7.05 Å². The summed E-state index contributed by atoms with van der Waals surface area (Å²) in [6.45, 7) is 1.81. The van der Waals surface area contributed by atoms with E-state index in [-0.39, 0.29) is 10.6 Å². The highest BCUT2D eigenvalue weighted by molar-refractivity contribution is 9.10. The summed E-state index contributed by atoms with van der Waals surface area (Å²) in [7, 11) is 1.70. The predicted octanol–water partition coefficient (Wildman–Crippen LogP) is 3.37. The lowest BCUT2D eigenvalue weighted by Gasteiger charge is -2.13. The van der Waals surface area contributed by atoms with Crippen LogP contribution in [0, 0.1) is 12.7 Å². The van der Waals surface area contributed by atoms with E-state index in [0.717, 1.165) is 5.69 Å². The van der Waals surface area contributed by atoms with Gasteiger partial charge in [-0.2, -0.15) is 5.10 Å². The number of benzene rings is 1. The average molecular weight is 334 g/mol. The largest absolute Gasteiger partial charge is 0.382 e. The summed E-state index contributed by atoms with van der Waals surface area (Å²) in [5, 5.41) is 14.3. The van der Waals surface area contributed by atoms with Crippen molar-refractivity contribution in [3.8, 4) is 0 Å². The van der Waals surface area contributed by atoms with E-state index in [2.05, 4.69) is 21.0 Å². The Bertz CT molecular complexity index is 600. The maximum Gasteiger partial charge on any atom is 0.149 e. The van der Waals surface area contributed by atoms with Crippen molar-refractivity contribution in [2.45, 2.75) is 13.0 Å². The molecule has 6 heteroatoms. The van der Waals surface area contributed by atoms with Gasteiger partial charge in [-0.3, -0.25) is 4.68 Å². The maximum atomic E-state index is 14.0. The first-order chi connectivity index (χ1) is 8.41. The molecule has 0 bridgehead atoms. The summed E-state index contributed by atoms with van der Waals surface area (Å²) >= 11 is 8.94. The molecule has 3 nitrogen and oxygen atoms in total. The van der Waals surface area contributed by atoms with E-state index in [0.29, 0.717) is 10.2 Å². The summed E-state index contributed by atoms with van der Waals surface area (Å²) in [5.41, 5.74) is 1.41. The molecule has 1 aromatic heterocycles. The normalized spacial score (nSPS) is 12.8. The molecule has 0 aliphatic heterocycles. The van der Waals surface area contributed by atoms with Gasteiger partial charge < -0.3 is 5.11 Å². The summed E-state index contributed by atoms with van der Waals surface area (Å²) < 4.78 is 16.0. The Morgan fingerprint density at radius 1 is 1.50 bits per heavy atom. The van der Waals surface area contributed by atoms with Crippen LogP contribution in [0.15, 0.2) is 22.7 Å². The Morgan fingerprint density at radius 2 is 2.17 bits per heavy atom. The number of aromatic nitrogens is 2. The van der Waals surface area contributed by atoms with Crippen molar-refractivity contribution in [1.82, 2.24) is 9.78 Å². The Labute approximate surface area is 117 Å². The van der Waals surface area contributed by atoms with Gasteiger partial charge in [-0.25, -0.2) is 4.39 Å². The molecule has 0 radical (unpaired) electrons. The second-order valence-corrected chi connectivity index (χ2v) is 5.23. The number of nitrogens with zero attached hydrogens (tertiary/aromatic N) is 2. The van der Waals surface area contributed by atoms with Gasteiger partial charge in [0.1, 0.15) is 11.9 Å². The number of rotatable bonds is 2. The van der Waals surface area contributed by atoms with E-state index in [4.69, 9.17) is 11.6 Å². The van der Waals surface area contributed by atoms with Gasteiger partial charge in [0.05, 0.1) is 16.4 Å². The first-order valence-electron chi connectivity index (χ1n) is 5.23. The lowest BCUT2D eigenvalue weighted by Crippen LogP contribution is -2.08. The van der Waals surface area contributed by atoms with E-state index in [1.807, 2.05) is 0 Å². The second-order valence-electron chi connectivity index (χ2n) is 4.00. The SMILES string of the molecule is Cc1cc(C(O)c2ccc(Br)c(Cl)c2F)n(C)n1. The highest BCUT2D eigenvalue weighted by Crippen LogP contribution is 2.32. The van der Waals surface area contributed by atoms with E-state index < -0.39 is 11.9 Å². The molecule has 0 saturated heterocycles. The molecule has 0 saturated carbocycles. The van der Waals surface area contributed by atoms with Crippen LogP contribution in [0.5, 0.6) is 0 Å². The molecule has 1 atom stereocenters. The van der Waals surface area contributed by atoms with Crippen molar-refractivity contribution in [3.63, 3.8) is 0 Å². The van der Waals surface area contributed by atoms with Gasteiger partial charge in [0.25, 0.3) is 0 Å². The monoisotopic (exact) mass is 332 g/mol. The highest BCUT2D eigenvalue weighted by Gasteiger charge is 2.21. The molecular formula is C12H11BrClFN2O. The Kier molecular flexibility index (Phi) is 3.75. The molecule has 0 amide bonds. The van der Waals surface area contributed by atoms with E-state index in [9.17, 15) is 9.50 Å². The zero-order valence-corrected chi connectivity index (χ0v) is 12.1. The summed E-state index contributed by atoms with van der Waals surface area (Å²) in [4.78, 5) is 0. The van der Waals surface area contributed by atoms with Crippen LogP contribution in [0.2, 0.25) is 5.02 Å². The van der Waals surface area contributed by atoms with Crippen LogP contribution >= 0.6 is 27.5 Å². The molecule has 2 rings (SSSR count). The molecule has 0 spiro atoms. The van der Waals surface area contributed by atoms with E-state index in [1.165, 1.54) is 10.7 Å². The highest BCUT2D eigenvalue weighted by atomic mass is 79.9. The zero-order valence-electron chi connectivity index (χ0n) is 9.78. The number of halogens is 3. The van der Waals surface area contributed by atoms with E-state index in [1.54, 1.807) is 26.1 Å². The zero-order chi connectivity index (χ0) is 13.4. The number of hydrogen-bond donors (Lipinski definition) is 1. The van der Waals surface area contributed by atoms with Gasteiger partial charge >= 0.3 is 0 Å². The predicted molar refractivity (Wildman–Crippen MR) is 71.1 cm³/mol. The molecule has 0 aliphatic carbocycles. The quantitative estimate of drug-likeness (QED) is 0.856. The fourth-order valence-electron chi connectivity index (χ4n) is 1.80. The number of aliphatic hydroxyl groups is 1. The second kappa shape index (κ2) is 4.99. The smallest absolute Gasteiger partial charge is 0.149 e. The minimum Gasteiger partial charge on any atom is -0.382 e. The molecule has 96 valence electrons. The van der Waals surface area contributed by atoms with Gasteiger partial charge in [-0.15, -0.1) is 0 Å². The molecule has 0 aliphatic rings. The summed E-state index contributed by atoms with van der Waals surface area (Å²) in [6, 6.07) is 4.81. The van der Waals surface area contributed by atoms with Gasteiger partial charge in [0, 0.05) is 17.1 Å². The fourth-order valence-corrected chi connectivity index (χ4v) is 2.28. The Morgan fingerprint density at radius 3 is 2.72 bits per heavy atom. The third-order valence-electron chi connectivity index (χ3n) is 2.68. The molecule has 18 heavy (non-hydrogen) atoms. The molecule has 1 heterocycles. The van der Waals surface area contributed by atoms with E-state index >= 15 is 0 Å². The van der Waals surface area contributed by atoms with Crippen LogP contribution in [0.1, 0.15) is 23.1 Å². The van der Waals surface area contributed by atoms with Crippen molar-refractivity contribution in [3.05, 3.63) is 50.5 Å². The van der Waals surface area contributed by atoms with Gasteiger partial charge in [-0.05, 0) is 35.0 Å². The van der Waals surface area contributed by atoms with Crippen molar-refractivity contribution < 1.29 is 9.50 Å². The molecule has 0 fully saturated rings. The Hall–Kier alpha value is -0.910. The van der Waals surface area contributed by atoms with Crippen LogP contribution in [0.4, 0.5) is 4.39 Å². The fraction of sp³-hybridized carbons (Fsp3) is 0.250. The topological polar surface area (TPSA) is 38.0 Å². The first-order valence-corrected chi connectivity index (χ1v) is 6.41. The summed E-state index contributed by atoms with van der Waals surface area (Å²) in [5.74, 6) is -0.627. The number of aryl methyl sites for hydroxylation is 2. The van der Waals surface area contributed by atoms with Crippen molar-refractivity contribution in [2.75, 3.05) is 0 Å². The molecule has 1 aromatic carbocycles. The van der Waals surface area contributed by atoms with Crippen LogP contribution in [0.3, 0.4) is 0 Å². The standard InChI is InChI=1S/C12H11BrClFN2O/c1-6-5-9(17(2)16-6)12(18)7-3-4-8(13)10(14)11(7)15/h3-5,12,18H,1-2H3. The lowest BCUT2D eigenvalue weighted by molar-refractivity contribution is 0.204. The number of hydrogen-bond acceptors (Lipinski definition) is 2. The van der Waals surface area contributed by atoms with Gasteiger partial charge in [0.15, 0.2) is 0 Å². The van der Waals surface area contributed by atoms with Crippen molar-refractivity contribution >= 4 is 27.5 Å². The molecule has 2 aromatic rings. The average Bonchev–Trinajstić information content (AvgIpc) is 2.65. The molecular weight excluding hydrogens is 322 g/mol. The van der Waals surface area contributed by atoms with Crippen molar-refractivity contribution in [1.29, 1.82) is 0 Å². The molecule has 1 unspecified atom stereocenters. The Balaban J connectivity index is 2.49. The van der Waals surface area contributed by atoms with Crippen LogP contribution < -0.4 is 0 Å². The first kappa shape index (κ1) is 13.5. The third-order valence-corrected chi connectivity index (χ3v) is 3.94. The number of aliphatic hydroxyl groups excluding tert-OH is 1.